The Hall–Kier alpha value is -2.34. The Kier molecular flexibility index (Phi) is 4.32. The summed E-state index contributed by atoms with van der Waals surface area (Å²) in [7, 11) is 0. The van der Waals surface area contributed by atoms with Crippen LogP contribution in [0.25, 0.3) is 11.0 Å². The molecular weight excluding hydrogens is 324 g/mol. The van der Waals surface area contributed by atoms with Gasteiger partial charge in [0.15, 0.2) is 11.2 Å². The van der Waals surface area contributed by atoms with Gasteiger partial charge >= 0.3 is 0 Å². The van der Waals surface area contributed by atoms with Gasteiger partial charge in [-0.15, -0.1) is 21.5 Å². The van der Waals surface area contributed by atoms with E-state index in [9.17, 15) is 9.59 Å². The number of aryl methyl sites for hydroxylation is 2. The van der Waals surface area contributed by atoms with Gasteiger partial charge in [0.05, 0.1) is 11.8 Å². The van der Waals surface area contributed by atoms with E-state index in [1.165, 1.54) is 17.4 Å². The van der Waals surface area contributed by atoms with Crippen molar-refractivity contribution in [3.8, 4) is 0 Å². The first-order chi connectivity index (χ1) is 11.3. The molecule has 0 amide bonds. The highest BCUT2D eigenvalue weighted by Crippen LogP contribution is 2.21. The third-order valence-electron chi connectivity index (χ3n) is 3.91. The van der Waals surface area contributed by atoms with Crippen LogP contribution in [0.5, 0.6) is 0 Å². The number of aromatic nitrogens is 2. The number of carbonyl (C=O) groups excluding carboxylic acids is 1. The quantitative estimate of drug-likeness (QED) is 0.674. The minimum atomic E-state index is -0.265. The lowest BCUT2D eigenvalue weighted by Gasteiger charge is -2.04. The topological polar surface area (TPSA) is 73.1 Å². The Morgan fingerprint density at radius 3 is 2.54 bits per heavy atom. The van der Waals surface area contributed by atoms with Gasteiger partial charge in [-0.05, 0) is 37.1 Å². The summed E-state index contributed by atoms with van der Waals surface area (Å²) in [5.41, 5.74) is 2.27. The zero-order valence-corrected chi connectivity index (χ0v) is 14.9. The number of benzene rings is 1. The van der Waals surface area contributed by atoms with Crippen molar-refractivity contribution in [2.75, 3.05) is 0 Å². The number of hydrogen-bond donors (Lipinski definition) is 0. The van der Waals surface area contributed by atoms with Crippen molar-refractivity contribution in [1.29, 1.82) is 0 Å². The summed E-state index contributed by atoms with van der Waals surface area (Å²) in [5.74, 6) is 0.0758. The molecule has 3 aromatic rings. The third kappa shape index (κ3) is 3.14. The SMILES string of the molecule is Cc1cc2oc(C(=O)Cc3nnc(C(C)C)s3)cc(=O)c2cc1C. The molecular formula is C18H18N2O3S. The van der Waals surface area contributed by atoms with Crippen molar-refractivity contribution in [3.05, 3.63) is 55.3 Å². The lowest BCUT2D eigenvalue weighted by Crippen LogP contribution is -2.09. The van der Waals surface area contributed by atoms with Crippen LogP contribution in [-0.4, -0.2) is 16.0 Å². The largest absolute Gasteiger partial charge is 0.453 e. The predicted octanol–water partition coefficient (Wildman–Crippen LogP) is 3.81. The molecule has 2 aromatic heterocycles. The molecule has 0 bridgehead atoms. The summed E-state index contributed by atoms with van der Waals surface area (Å²) in [5, 5.41) is 10.1. The molecule has 0 N–H and O–H groups in total. The van der Waals surface area contributed by atoms with Crippen LogP contribution in [0.1, 0.15) is 51.5 Å². The van der Waals surface area contributed by atoms with Gasteiger partial charge in [-0.25, -0.2) is 0 Å². The van der Waals surface area contributed by atoms with E-state index in [0.717, 1.165) is 16.1 Å². The second-order valence-electron chi connectivity index (χ2n) is 6.20. The maximum atomic E-state index is 12.4. The molecule has 1 aromatic carbocycles. The summed E-state index contributed by atoms with van der Waals surface area (Å²) < 4.78 is 5.67. The third-order valence-corrected chi connectivity index (χ3v) is 5.13. The maximum absolute atomic E-state index is 12.4. The van der Waals surface area contributed by atoms with Crippen molar-refractivity contribution < 1.29 is 9.21 Å². The average Bonchev–Trinajstić information content (AvgIpc) is 2.98. The Bertz CT molecular complexity index is 986. The van der Waals surface area contributed by atoms with E-state index in [-0.39, 0.29) is 29.3 Å². The highest BCUT2D eigenvalue weighted by molar-refractivity contribution is 7.11. The van der Waals surface area contributed by atoms with E-state index in [4.69, 9.17) is 4.42 Å². The average molecular weight is 342 g/mol. The standard InChI is InChI=1S/C18H18N2O3S/c1-9(2)18-20-19-17(24-18)8-14(22)16-7-13(21)12-5-10(3)11(4)6-15(12)23-16/h5-7,9H,8H2,1-4H3. The Labute approximate surface area is 143 Å². The number of nitrogens with zero attached hydrogens (tertiary/aromatic N) is 2. The number of rotatable bonds is 4. The molecule has 0 aliphatic carbocycles. The molecule has 5 nitrogen and oxygen atoms in total. The zero-order chi connectivity index (χ0) is 17.4. The fourth-order valence-corrected chi connectivity index (χ4v) is 3.19. The number of ketones is 1. The molecule has 0 spiro atoms. The molecule has 124 valence electrons. The number of carbonyl (C=O) groups is 1. The molecule has 0 unspecified atom stereocenters. The van der Waals surface area contributed by atoms with Crippen LogP contribution in [-0.2, 0) is 6.42 Å². The van der Waals surface area contributed by atoms with Crippen molar-refractivity contribution in [2.24, 2.45) is 0 Å². The maximum Gasteiger partial charge on any atom is 0.205 e. The lowest BCUT2D eigenvalue weighted by molar-refractivity contribution is 0.0966. The molecule has 0 radical (unpaired) electrons. The van der Waals surface area contributed by atoms with Crippen LogP contribution in [0, 0.1) is 13.8 Å². The summed E-state index contributed by atoms with van der Waals surface area (Å²) in [6.45, 7) is 7.94. The van der Waals surface area contributed by atoms with Crippen LogP contribution in [0.3, 0.4) is 0 Å². The van der Waals surface area contributed by atoms with Crippen LogP contribution in [0.15, 0.2) is 27.4 Å². The summed E-state index contributed by atoms with van der Waals surface area (Å²) in [6, 6.07) is 4.86. The molecule has 24 heavy (non-hydrogen) atoms. The van der Waals surface area contributed by atoms with E-state index in [1.54, 1.807) is 12.1 Å². The van der Waals surface area contributed by atoms with Gasteiger partial charge in [-0.3, -0.25) is 9.59 Å². The lowest BCUT2D eigenvalue weighted by atomic mass is 10.1. The molecule has 0 fully saturated rings. The Morgan fingerprint density at radius 1 is 1.17 bits per heavy atom. The zero-order valence-electron chi connectivity index (χ0n) is 14.0. The Balaban J connectivity index is 1.94. The number of fused-ring (bicyclic) bond motifs is 1. The van der Waals surface area contributed by atoms with Crippen molar-refractivity contribution >= 4 is 28.1 Å². The van der Waals surface area contributed by atoms with Gasteiger partial charge in [0.1, 0.15) is 15.6 Å². The number of Topliss-reactive ketones (excluding diaryl/α,β-unsaturated/α-hetero) is 1. The number of hydrogen-bond acceptors (Lipinski definition) is 6. The molecule has 0 aliphatic rings. The second-order valence-corrected chi connectivity index (χ2v) is 7.29. The van der Waals surface area contributed by atoms with Gasteiger partial charge < -0.3 is 4.42 Å². The van der Waals surface area contributed by atoms with E-state index >= 15 is 0 Å². The summed E-state index contributed by atoms with van der Waals surface area (Å²) >= 11 is 1.41. The molecule has 0 saturated heterocycles. The van der Waals surface area contributed by atoms with E-state index in [0.29, 0.717) is 16.0 Å². The molecule has 0 saturated carbocycles. The van der Waals surface area contributed by atoms with Crippen LogP contribution >= 0.6 is 11.3 Å². The fraction of sp³-hybridized carbons (Fsp3) is 0.333. The Morgan fingerprint density at radius 2 is 1.88 bits per heavy atom. The first-order valence-corrected chi connectivity index (χ1v) is 8.57. The normalized spacial score (nSPS) is 11.4. The van der Waals surface area contributed by atoms with Crippen molar-refractivity contribution in [1.82, 2.24) is 10.2 Å². The van der Waals surface area contributed by atoms with Crippen LogP contribution in [0.4, 0.5) is 0 Å². The highest BCUT2D eigenvalue weighted by Gasteiger charge is 2.17. The molecule has 6 heteroatoms. The molecule has 2 heterocycles. The predicted molar refractivity (Wildman–Crippen MR) is 94.0 cm³/mol. The van der Waals surface area contributed by atoms with Crippen LogP contribution < -0.4 is 5.43 Å². The van der Waals surface area contributed by atoms with Gasteiger partial charge in [-0.2, -0.15) is 0 Å². The summed E-state index contributed by atoms with van der Waals surface area (Å²) in [6.07, 6.45) is 0.0870. The van der Waals surface area contributed by atoms with Crippen molar-refractivity contribution in [2.45, 2.75) is 40.0 Å². The smallest absolute Gasteiger partial charge is 0.205 e. The van der Waals surface area contributed by atoms with E-state index in [2.05, 4.69) is 10.2 Å². The van der Waals surface area contributed by atoms with Crippen molar-refractivity contribution in [3.63, 3.8) is 0 Å². The molecule has 3 rings (SSSR count). The first-order valence-electron chi connectivity index (χ1n) is 7.75. The first kappa shape index (κ1) is 16.5. The highest BCUT2D eigenvalue weighted by atomic mass is 32.1. The minimum absolute atomic E-state index is 0.0667. The van der Waals surface area contributed by atoms with E-state index < -0.39 is 0 Å². The minimum Gasteiger partial charge on any atom is -0.453 e. The fourth-order valence-electron chi connectivity index (χ4n) is 2.34. The van der Waals surface area contributed by atoms with Gasteiger partial charge in [0.25, 0.3) is 0 Å². The van der Waals surface area contributed by atoms with Gasteiger partial charge in [-0.1, -0.05) is 13.8 Å². The van der Waals surface area contributed by atoms with Crippen LogP contribution in [0.2, 0.25) is 0 Å². The van der Waals surface area contributed by atoms with E-state index in [1.807, 2.05) is 27.7 Å². The summed E-state index contributed by atoms with van der Waals surface area (Å²) in [4.78, 5) is 24.7. The molecule has 0 aliphatic heterocycles. The second kappa shape index (κ2) is 6.28. The van der Waals surface area contributed by atoms with Gasteiger partial charge in [0.2, 0.25) is 5.78 Å². The molecule has 0 atom stereocenters. The monoisotopic (exact) mass is 342 g/mol. The van der Waals surface area contributed by atoms with Gasteiger partial charge in [0, 0.05) is 12.0 Å².